The van der Waals surface area contributed by atoms with Crippen LogP contribution in [-0.2, 0) is 12.0 Å². The maximum absolute atomic E-state index is 12.7. The second-order valence-electron chi connectivity index (χ2n) is 7.38. The molecule has 1 aliphatic rings. The van der Waals surface area contributed by atoms with Crippen LogP contribution in [0.15, 0.2) is 65.2 Å². The van der Waals surface area contributed by atoms with E-state index in [-0.39, 0.29) is 24.4 Å². The molecule has 0 radical (unpaired) electrons. The van der Waals surface area contributed by atoms with Gasteiger partial charge in [0.1, 0.15) is 0 Å². The van der Waals surface area contributed by atoms with Crippen molar-refractivity contribution in [3.8, 4) is 0 Å². The molecule has 1 heterocycles. The molecule has 1 unspecified atom stereocenters. The highest BCUT2D eigenvalue weighted by Crippen LogP contribution is 2.34. The van der Waals surface area contributed by atoms with Gasteiger partial charge in [-0.2, -0.15) is 4.98 Å². The predicted molar refractivity (Wildman–Crippen MR) is 113 cm³/mol. The van der Waals surface area contributed by atoms with Crippen LogP contribution in [0.5, 0.6) is 0 Å². The van der Waals surface area contributed by atoms with Crippen LogP contribution >= 0.6 is 12.4 Å². The fraction of sp³-hybridized carbons (Fsp3) is 0.318. The minimum atomic E-state index is -0.489. The van der Waals surface area contributed by atoms with Crippen LogP contribution in [0.3, 0.4) is 0 Å². The standard InChI is InChI=1S/C22H24N4O2.ClH/c23-22(13-7-8-14-22)21-25-19(28-26-21)15-18(16-9-3-1-4-10-16)24-20(27)17-11-5-2-6-12-17;/h1-6,9-12,18H,7-8,13-15,23H2,(H,24,27);1H. The number of carbonyl (C=O) groups is 1. The monoisotopic (exact) mass is 412 g/mol. The van der Waals surface area contributed by atoms with Gasteiger partial charge in [-0.15, -0.1) is 12.4 Å². The molecule has 3 N–H and O–H groups in total. The van der Waals surface area contributed by atoms with Crippen LogP contribution in [0, 0.1) is 0 Å². The van der Waals surface area contributed by atoms with Gasteiger partial charge in [0.2, 0.25) is 5.89 Å². The van der Waals surface area contributed by atoms with Crippen LogP contribution < -0.4 is 11.1 Å². The fourth-order valence-electron chi connectivity index (χ4n) is 3.71. The van der Waals surface area contributed by atoms with Gasteiger partial charge in [-0.3, -0.25) is 4.79 Å². The molecular formula is C22H25ClN4O2. The molecule has 1 atom stereocenters. The topological polar surface area (TPSA) is 94.0 Å². The summed E-state index contributed by atoms with van der Waals surface area (Å²) >= 11 is 0. The molecule has 1 amide bonds. The lowest BCUT2D eigenvalue weighted by Gasteiger charge is -2.18. The van der Waals surface area contributed by atoms with E-state index in [1.807, 2.05) is 48.5 Å². The van der Waals surface area contributed by atoms with E-state index in [0.717, 1.165) is 31.2 Å². The highest BCUT2D eigenvalue weighted by molar-refractivity contribution is 5.94. The number of hydrogen-bond acceptors (Lipinski definition) is 5. The molecule has 0 spiro atoms. The van der Waals surface area contributed by atoms with Gasteiger partial charge in [0.05, 0.1) is 18.0 Å². The second-order valence-corrected chi connectivity index (χ2v) is 7.38. The largest absolute Gasteiger partial charge is 0.345 e. The van der Waals surface area contributed by atoms with Gasteiger partial charge < -0.3 is 15.6 Å². The molecule has 152 valence electrons. The highest BCUT2D eigenvalue weighted by Gasteiger charge is 2.36. The van der Waals surface area contributed by atoms with Gasteiger partial charge in [0, 0.05) is 5.56 Å². The molecule has 0 aliphatic heterocycles. The summed E-state index contributed by atoms with van der Waals surface area (Å²) in [6.45, 7) is 0. The van der Waals surface area contributed by atoms with Crippen LogP contribution in [0.1, 0.15) is 59.4 Å². The van der Waals surface area contributed by atoms with E-state index >= 15 is 0 Å². The summed E-state index contributed by atoms with van der Waals surface area (Å²) in [4.78, 5) is 17.2. The predicted octanol–water partition coefficient (Wildman–Crippen LogP) is 3.93. The molecule has 1 saturated carbocycles. The summed E-state index contributed by atoms with van der Waals surface area (Å²) < 4.78 is 5.49. The Morgan fingerprint density at radius 3 is 2.34 bits per heavy atom. The summed E-state index contributed by atoms with van der Waals surface area (Å²) in [5.74, 6) is 0.912. The number of carbonyl (C=O) groups excluding carboxylic acids is 1. The molecule has 6 nitrogen and oxygen atoms in total. The lowest BCUT2D eigenvalue weighted by Crippen LogP contribution is -2.34. The molecule has 4 rings (SSSR count). The first-order valence-corrected chi connectivity index (χ1v) is 9.67. The lowest BCUT2D eigenvalue weighted by molar-refractivity contribution is 0.0935. The summed E-state index contributed by atoms with van der Waals surface area (Å²) in [6, 6.07) is 18.7. The number of nitrogens with two attached hydrogens (primary N) is 1. The summed E-state index contributed by atoms with van der Waals surface area (Å²) in [5.41, 5.74) is 7.54. The van der Waals surface area contributed by atoms with Crippen molar-refractivity contribution < 1.29 is 9.32 Å². The van der Waals surface area contributed by atoms with E-state index in [1.165, 1.54) is 0 Å². The third kappa shape index (κ3) is 4.83. The Labute approximate surface area is 176 Å². The molecule has 1 aliphatic carbocycles. The average molecular weight is 413 g/mol. The number of hydrogen-bond donors (Lipinski definition) is 2. The first kappa shape index (κ1) is 21.0. The number of amides is 1. The van der Waals surface area contributed by atoms with Gasteiger partial charge >= 0.3 is 0 Å². The molecular weight excluding hydrogens is 388 g/mol. The summed E-state index contributed by atoms with van der Waals surface area (Å²) in [6.07, 6.45) is 4.32. The van der Waals surface area contributed by atoms with Gasteiger partial charge in [0.25, 0.3) is 5.91 Å². The number of benzene rings is 2. The van der Waals surface area contributed by atoms with Crippen molar-refractivity contribution in [3.63, 3.8) is 0 Å². The van der Waals surface area contributed by atoms with Crippen molar-refractivity contribution in [2.75, 3.05) is 0 Å². The first-order valence-electron chi connectivity index (χ1n) is 9.67. The van der Waals surface area contributed by atoms with E-state index in [2.05, 4.69) is 15.5 Å². The van der Waals surface area contributed by atoms with Crippen molar-refractivity contribution in [2.24, 2.45) is 5.73 Å². The van der Waals surface area contributed by atoms with E-state index in [0.29, 0.717) is 23.7 Å². The smallest absolute Gasteiger partial charge is 0.251 e. The van der Waals surface area contributed by atoms with Gasteiger partial charge in [-0.05, 0) is 30.5 Å². The Morgan fingerprint density at radius 1 is 1.07 bits per heavy atom. The van der Waals surface area contributed by atoms with E-state index in [4.69, 9.17) is 10.3 Å². The minimum absolute atomic E-state index is 0. The number of nitrogens with zero attached hydrogens (tertiary/aromatic N) is 2. The second kappa shape index (κ2) is 9.20. The minimum Gasteiger partial charge on any atom is -0.345 e. The van der Waals surface area contributed by atoms with E-state index in [1.54, 1.807) is 12.1 Å². The zero-order valence-electron chi connectivity index (χ0n) is 16.1. The number of nitrogens with one attached hydrogen (secondary N) is 1. The molecule has 0 saturated heterocycles. The van der Waals surface area contributed by atoms with E-state index in [9.17, 15) is 4.79 Å². The van der Waals surface area contributed by atoms with Crippen molar-refractivity contribution in [1.29, 1.82) is 0 Å². The maximum Gasteiger partial charge on any atom is 0.251 e. The summed E-state index contributed by atoms with van der Waals surface area (Å²) in [7, 11) is 0. The van der Waals surface area contributed by atoms with Crippen molar-refractivity contribution in [1.82, 2.24) is 15.5 Å². The number of rotatable bonds is 6. The first-order chi connectivity index (χ1) is 13.6. The average Bonchev–Trinajstić information content (AvgIpc) is 3.39. The molecule has 2 aromatic carbocycles. The lowest BCUT2D eigenvalue weighted by atomic mass is 9.98. The third-order valence-corrected chi connectivity index (χ3v) is 5.33. The zero-order chi connectivity index (χ0) is 19.4. The van der Waals surface area contributed by atoms with E-state index < -0.39 is 5.54 Å². The van der Waals surface area contributed by atoms with Crippen LogP contribution in [-0.4, -0.2) is 16.0 Å². The summed E-state index contributed by atoms with van der Waals surface area (Å²) in [5, 5.41) is 7.22. The Balaban J connectivity index is 0.00000240. The van der Waals surface area contributed by atoms with Crippen LogP contribution in [0.4, 0.5) is 0 Å². The van der Waals surface area contributed by atoms with Crippen molar-refractivity contribution in [3.05, 3.63) is 83.5 Å². The number of halogens is 1. The van der Waals surface area contributed by atoms with Crippen molar-refractivity contribution >= 4 is 18.3 Å². The Kier molecular flexibility index (Phi) is 6.67. The normalized spacial score (nSPS) is 16.0. The fourth-order valence-corrected chi connectivity index (χ4v) is 3.71. The highest BCUT2D eigenvalue weighted by atomic mass is 35.5. The molecule has 29 heavy (non-hydrogen) atoms. The van der Waals surface area contributed by atoms with Gasteiger partial charge in [0.15, 0.2) is 5.82 Å². The van der Waals surface area contributed by atoms with Gasteiger partial charge in [-0.1, -0.05) is 66.5 Å². The Morgan fingerprint density at radius 2 is 1.69 bits per heavy atom. The molecule has 7 heteroatoms. The molecule has 1 aromatic heterocycles. The molecule has 0 bridgehead atoms. The SMILES string of the molecule is Cl.NC1(c2noc(CC(NC(=O)c3ccccc3)c3ccccc3)n2)CCCC1. The molecule has 1 fully saturated rings. The Bertz CT molecular complexity index is 924. The van der Waals surface area contributed by atoms with Crippen LogP contribution in [0.25, 0.3) is 0 Å². The zero-order valence-corrected chi connectivity index (χ0v) is 16.9. The van der Waals surface area contributed by atoms with Gasteiger partial charge in [-0.25, -0.2) is 0 Å². The number of aromatic nitrogens is 2. The quantitative estimate of drug-likeness (QED) is 0.639. The Hall–Kier alpha value is -2.70. The van der Waals surface area contributed by atoms with Crippen molar-refractivity contribution in [2.45, 2.75) is 43.7 Å². The van der Waals surface area contributed by atoms with Crippen LogP contribution in [0.2, 0.25) is 0 Å². The third-order valence-electron chi connectivity index (χ3n) is 5.33. The molecule has 3 aromatic rings. The maximum atomic E-state index is 12.7.